The number of ketones is 1. The third-order valence-corrected chi connectivity index (χ3v) is 6.48. The number of aliphatic hydroxyl groups is 1. The van der Waals surface area contributed by atoms with Crippen molar-refractivity contribution in [1.29, 1.82) is 0 Å². The van der Waals surface area contributed by atoms with Gasteiger partial charge in [-0.15, -0.1) is 0 Å². The fourth-order valence-electron chi connectivity index (χ4n) is 4.80. The number of amides is 1. The number of furan rings is 2. The number of halogens is 1. The first-order chi connectivity index (χ1) is 15.5. The van der Waals surface area contributed by atoms with E-state index in [-0.39, 0.29) is 17.4 Å². The number of methoxy groups -OCH3 is 1. The Balaban J connectivity index is 1.60. The third-order valence-electron chi connectivity index (χ3n) is 6.26. The van der Waals surface area contributed by atoms with Gasteiger partial charge in [0.1, 0.15) is 11.8 Å². The lowest BCUT2D eigenvalue weighted by atomic mass is 9.92. The second-order valence-electron chi connectivity index (χ2n) is 8.15. The fourth-order valence-corrected chi connectivity index (χ4v) is 5.02. The van der Waals surface area contributed by atoms with E-state index >= 15 is 0 Å². The largest absolute Gasteiger partial charge is 0.503 e. The van der Waals surface area contributed by atoms with Crippen LogP contribution in [-0.4, -0.2) is 34.8 Å². The molecule has 8 heteroatoms. The molecule has 32 heavy (non-hydrogen) atoms. The Morgan fingerprint density at radius 2 is 2.00 bits per heavy atom. The second-order valence-corrected chi connectivity index (χ2v) is 8.59. The minimum absolute atomic E-state index is 0.0167. The van der Waals surface area contributed by atoms with Gasteiger partial charge in [-0.2, -0.15) is 0 Å². The number of Topliss-reactive ketones (excluding diaryl/α,β-unsaturated/α-hetero) is 1. The SMILES string of the molecule is COc1cc(Cl)cc2cc(C(=O)C3=C(O)C(=O)N(C4CCCCC4)C3c3ccco3)oc12. The number of rotatable bonds is 5. The number of carbonyl (C=O) groups is 2. The van der Waals surface area contributed by atoms with Crippen molar-refractivity contribution in [2.75, 3.05) is 7.11 Å². The van der Waals surface area contributed by atoms with E-state index in [1.807, 2.05) is 0 Å². The minimum atomic E-state index is -0.813. The first-order valence-electron chi connectivity index (χ1n) is 10.6. The standard InChI is InChI=1S/C24H22ClNO6/c1-30-18-12-14(25)10-13-11-17(32-23(13)18)21(27)19-20(16-8-5-9-31-16)26(24(29)22(19)28)15-6-3-2-4-7-15/h5,8-12,15,20,28H,2-4,6-7H2,1H3. The lowest BCUT2D eigenvalue weighted by molar-refractivity contribution is -0.132. The van der Waals surface area contributed by atoms with Gasteiger partial charge in [-0.25, -0.2) is 0 Å². The number of hydrogen-bond acceptors (Lipinski definition) is 6. The maximum absolute atomic E-state index is 13.6. The number of benzene rings is 1. The van der Waals surface area contributed by atoms with Crippen molar-refractivity contribution in [3.05, 3.63) is 64.5 Å². The van der Waals surface area contributed by atoms with Crippen LogP contribution in [0.15, 0.2) is 56.8 Å². The molecule has 1 atom stereocenters. The van der Waals surface area contributed by atoms with Crippen molar-refractivity contribution in [2.45, 2.75) is 44.2 Å². The van der Waals surface area contributed by atoms with Crippen LogP contribution in [0.4, 0.5) is 0 Å². The lowest BCUT2D eigenvalue weighted by Crippen LogP contribution is -2.41. The maximum Gasteiger partial charge on any atom is 0.290 e. The molecular formula is C24H22ClNO6. The molecule has 2 aromatic heterocycles. The summed E-state index contributed by atoms with van der Waals surface area (Å²) in [4.78, 5) is 28.3. The summed E-state index contributed by atoms with van der Waals surface area (Å²) in [6.07, 6.45) is 6.22. The molecule has 1 saturated carbocycles. The van der Waals surface area contributed by atoms with E-state index in [0.717, 1.165) is 32.1 Å². The van der Waals surface area contributed by atoms with E-state index < -0.39 is 23.5 Å². The molecule has 1 aromatic carbocycles. The van der Waals surface area contributed by atoms with E-state index in [1.54, 1.807) is 35.2 Å². The zero-order chi connectivity index (χ0) is 22.4. The third kappa shape index (κ3) is 3.28. The van der Waals surface area contributed by atoms with Gasteiger partial charge >= 0.3 is 0 Å². The van der Waals surface area contributed by atoms with Crippen LogP contribution in [0.5, 0.6) is 5.75 Å². The van der Waals surface area contributed by atoms with E-state index in [1.165, 1.54) is 13.4 Å². The summed E-state index contributed by atoms with van der Waals surface area (Å²) in [5.41, 5.74) is 0.322. The summed E-state index contributed by atoms with van der Waals surface area (Å²) in [5, 5.41) is 11.8. The Morgan fingerprint density at radius 3 is 2.69 bits per heavy atom. The monoisotopic (exact) mass is 455 g/mol. The van der Waals surface area contributed by atoms with Crippen LogP contribution in [0, 0.1) is 0 Å². The summed E-state index contributed by atoms with van der Waals surface area (Å²) in [6.45, 7) is 0. The van der Waals surface area contributed by atoms with Crippen LogP contribution in [0.2, 0.25) is 5.02 Å². The Hall–Kier alpha value is -3.19. The molecule has 2 aliphatic rings. The normalized spacial score (nSPS) is 19.9. The van der Waals surface area contributed by atoms with Crippen LogP contribution in [0.1, 0.15) is 54.5 Å². The predicted octanol–water partition coefficient (Wildman–Crippen LogP) is 5.60. The van der Waals surface area contributed by atoms with Crippen molar-refractivity contribution in [2.24, 2.45) is 0 Å². The molecule has 0 spiro atoms. The summed E-state index contributed by atoms with van der Waals surface area (Å²) < 4.78 is 16.7. The van der Waals surface area contributed by atoms with Gasteiger partial charge in [-0.1, -0.05) is 30.9 Å². The zero-order valence-corrected chi connectivity index (χ0v) is 18.2. The molecule has 5 rings (SSSR count). The number of hydrogen-bond donors (Lipinski definition) is 1. The smallest absolute Gasteiger partial charge is 0.290 e. The highest BCUT2D eigenvalue weighted by molar-refractivity contribution is 6.31. The first-order valence-corrected chi connectivity index (χ1v) is 11.0. The van der Waals surface area contributed by atoms with Gasteiger partial charge in [0.15, 0.2) is 22.9 Å². The Labute approximate surface area is 189 Å². The van der Waals surface area contributed by atoms with Gasteiger partial charge in [-0.3, -0.25) is 9.59 Å². The van der Waals surface area contributed by atoms with Crippen molar-refractivity contribution in [3.63, 3.8) is 0 Å². The van der Waals surface area contributed by atoms with Gasteiger partial charge in [-0.05, 0) is 37.1 Å². The quantitative estimate of drug-likeness (QED) is 0.503. The van der Waals surface area contributed by atoms with Crippen LogP contribution in [-0.2, 0) is 4.79 Å². The average molecular weight is 456 g/mol. The number of carbonyl (C=O) groups excluding carboxylic acids is 2. The number of ether oxygens (including phenoxy) is 1. The van der Waals surface area contributed by atoms with Gasteiger partial charge in [0.25, 0.3) is 5.91 Å². The van der Waals surface area contributed by atoms with Crippen molar-refractivity contribution in [1.82, 2.24) is 4.90 Å². The van der Waals surface area contributed by atoms with Crippen LogP contribution in [0.3, 0.4) is 0 Å². The molecule has 0 bridgehead atoms. The highest BCUT2D eigenvalue weighted by atomic mass is 35.5. The minimum Gasteiger partial charge on any atom is -0.503 e. The van der Waals surface area contributed by atoms with Gasteiger partial charge in [0, 0.05) is 22.5 Å². The molecule has 1 unspecified atom stereocenters. The Bertz CT molecular complexity index is 1220. The highest BCUT2D eigenvalue weighted by Crippen LogP contribution is 2.43. The maximum atomic E-state index is 13.6. The second kappa shape index (κ2) is 8.06. The molecule has 1 aliphatic carbocycles. The Kier molecular flexibility index (Phi) is 5.21. The molecule has 1 fully saturated rings. The molecule has 166 valence electrons. The molecule has 3 aromatic rings. The summed E-state index contributed by atoms with van der Waals surface area (Å²) in [5.74, 6) is -0.903. The summed E-state index contributed by atoms with van der Waals surface area (Å²) in [7, 11) is 1.48. The molecule has 3 heterocycles. The van der Waals surface area contributed by atoms with Gasteiger partial charge in [0.05, 0.1) is 18.9 Å². The van der Waals surface area contributed by atoms with Crippen LogP contribution >= 0.6 is 11.6 Å². The molecule has 1 aliphatic heterocycles. The topological polar surface area (TPSA) is 93.1 Å². The molecular weight excluding hydrogens is 434 g/mol. The van der Waals surface area contributed by atoms with Crippen molar-refractivity contribution < 1.29 is 28.3 Å². The van der Waals surface area contributed by atoms with E-state index in [0.29, 0.717) is 27.5 Å². The van der Waals surface area contributed by atoms with Gasteiger partial charge in [0.2, 0.25) is 5.78 Å². The molecule has 1 N–H and O–H groups in total. The van der Waals surface area contributed by atoms with Gasteiger partial charge < -0.3 is 23.6 Å². The van der Waals surface area contributed by atoms with E-state index in [4.69, 9.17) is 25.2 Å². The zero-order valence-electron chi connectivity index (χ0n) is 17.5. The van der Waals surface area contributed by atoms with Crippen molar-refractivity contribution >= 4 is 34.3 Å². The summed E-state index contributed by atoms with van der Waals surface area (Å²) in [6, 6.07) is 7.31. The number of fused-ring (bicyclic) bond motifs is 1. The van der Waals surface area contributed by atoms with Crippen molar-refractivity contribution in [3.8, 4) is 5.75 Å². The highest BCUT2D eigenvalue weighted by Gasteiger charge is 2.48. The fraction of sp³-hybridized carbons (Fsp3) is 0.333. The molecule has 1 amide bonds. The predicted molar refractivity (Wildman–Crippen MR) is 117 cm³/mol. The van der Waals surface area contributed by atoms with E-state index in [9.17, 15) is 14.7 Å². The lowest BCUT2D eigenvalue weighted by Gasteiger charge is -2.35. The average Bonchev–Trinajstić information content (AvgIpc) is 3.52. The van der Waals surface area contributed by atoms with E-state index in [2.05, 4.69) is 0 Å². The molecule has 7 nitrogen and oxygen atoms in total. The summed E-state index contributed by atoms with van der Waals surface area (Å²) >= 11 is 6.14. The number of nitrogens with zero attached hydrogens (tertiary/aromatic N) is 1. The molecule has 0 radical (unpaired) electrons. The molecule has 0 saturated heterocycles. The Morgan fingerprint density at radius 1 is 1.22 bits per heavy atom. The first kappa shape index (κ1) is 20.7. The van der Waals surface area contributed by atoms with Crippen LogP contribution < -0.4 is 4.74 Å². The number of aliphatic hydroxyl groups excluding tert-OH is 1. The van der Waals surface area contributed by atoms with Crippen LogP contribution in [0.25, 0.3) is 11.0 Å².